The normalized spacial score (nSPS) is 10.7. The SMILES string of the molecule is CCCNc1nc(-c2cc(F)c(Cl)cc2Cl)cs1. The fraction of sp³-hybridized carbons (Fsp3) is 0.250. The van der Waals surface area contributed by atoms with Crippen molar-refractivity contribution < 1.29 is 4.39 Å². The van der Waals surface area contributed by atoms with Gasteiger partial charge in [-0.2, -0.15) is 0 Å². The van der Waals surface area contributed by atoms with Crippen LogP contribution in [0.5, 0.6) is 0 Å². The van der Waals surface area contributed by atoms with Crippen molar-refractivity contribution in [3.8, 4) is 11.3 Å². The average Bonchev–Trinajstić information content (AvgIpc) is 2.79. The topological polar surface area (TPSA) is 24.9 Å². The van der Waals surface area contributed by atoms with E-state index in [4.69, 9.17) is 23.2 Å². The van der Waals surface area contributed by atoms with Crippen LogP contribution in [0.15, 0.2) is 17.5 Å². The molecule has 0 bridgehead atoms. The Balaban J connectivity index is 2.31. The van der Waals surface area contributed by atoms with Gasteiger partial charge in [-0.15, -0.1) is 11.3 Å². The molecule has 0 saturated heterocycles. The van der Waals surface area contributed by atoms with E-state index in [1.807, 2.05) is 5.38 Å². The molecule has 1 heterocycles. The molecule has 1 N–H and O–H groups in total. The van der Waals surface area contributed by atoms with E-state index in [1.54, 1.807) is 0 Å². The van der Waals surface area contributed by atoms with Gasteiger partial charge in [0.2, 0.25) is 0 Å². The van der Waals surface area contributed by atoms with Crippen LogP contribution in [0.2, 0.25) is 10.0 Å². The van der Waals surface area contributed by atoms with E-state index in [-0.39, 0.29) is 5.02 Å². The summed E-state index contributed by atoms with van der Waals surface area (Å²) in [5, 5.41) is 6.23. The van der Waals surface area contributed by atoms with Gasteiger partial charge in [0, 0.05) is 17.5 Å². The van der Waals surface area contributed by atoms with E-state index in [0.717, 1.165) is 18.1 Å². The first-order chi connectivity index (χ1) is 8.61. The van der Waals surface area contributed by atoms with Crippen molar-refractivity contribution >= 4 is 39.7 Å². The van der Waals surface area contributed by atoms with Crippen molar-refractivity contribution in [3.05, 3.63) is 33.4 Å². The Hall–Kier alpha value is -0.840. The molecule has 0 radical (unpaired) electrons. The Bertz CT molecular complexity index is 557. The molecule has 0 aliphatic carbocycles. The van der Waals surface area contributed by atoms with Crippen LogP contribution >= 0.6 is 34.5 Å². The summed E-state index contributed by atoms with van der Waals surface area (Å²) >= 11 is 13.2. The van der Waals surface area contributed by atoms with Gasteiger partial charge in [0.05, 0.1) is 15.7 Å². The second-order valence-electron chi connectivity index (χ2n) is 3.71. The summed E-state index contributed by atoms with van der Waals surface area (Å²) in [5.41, 5.74) is 1.21. The Kier molecular flexibility index (Phi) is 4.43. The number of anilines is 1. The summed E-state index contributed by atoms with van der Waals surface area (Å²) in [5.74, 6) is -0.493. The first-order valence-electron chi connectivity index (χ1n) is 5.46. The summed E-state index contributed by atoms with van der Waals surface area (Å²) in [6.45, 7) is 2.93. The Morgan fingerprint density at radius 1 is 1.33 bits per heavy atom. The molecule has 0 saturated carbocycles. The largest absolute Gasteiger partial charge is 0.362 e. The highest BCUT2D eigenvalue weighted by Crippen LogP contribution is 2.33. The number of nitrogens with one attached hydrogen (secondary N) is 1. The van der Waals surface area contributed by atoms with Gasteiger partial charge in [-0.3, -0.25) is 0 Å². The molecule has 2 nitrogen and oxygen atoms in total. The van der Waals surface area contributed by atoms with E-state index < -0.39 is 5.82 Å². The third-order valence-corrected chi connectivity index (χ3v) is 3.72. The van der Waals surface area contributed by atoms with Gasteiger partial charge in [-0.25, -0.2) is 9.37 Å². The van der Waals surface area contributed by atoms with Crippen LogP contribution in [0.4, 0.5) is 9.52 Å². The van der Waals surface area contributed by atoms with Gasteiger partial charge in [-0.05, 0) is 18.6 Å². The van der Waals surface area contributed by atoms with E-state index in [1.165, 1.54) is 23.5 Å². The number of rotatable bonds is 4. The van der Waals surface area contributed by atoms with Crippen LogP contribution in [0, 0.1) is 5.82 Å². The number of thiazole rings is 1. The highest BCUT2D eigenvalue weighted by molar-refractivity contribution is 7.14. The smallest absolute Gasteiger partial charge is 0.183 e. The molecule has 0 aliphatic rings. The van der Waals surface area contributed by atoms with E-state index in [0.29, 0.717) is 16.3 Å². The molecule has 1 aromatic heterocycles. The van der Waals surface area contributed by atoms with Crippen molar-refractivity contribution in [1.29, 1.82) is 0 Å². The highest BCUT2D eigenvalue weighted by atomic mass is 35.5. The molecular formula is C12H11Cl2FN2S. The van der Waals surface area contributed by atoms with E-state index in [9.17, 15) is 4.39 Å². The molecule has 0 aliphatic heterocycles. The van der Waals surface area contributed by atoms with Crippen LogP contribution in [0.25, 0.3) is 11.3 Å². The maximum Gasteiger partial charge on any atom is 0.183 e. The van der Waals surface area contributed by atoms with Gasteiger partial charge in [-0.1, -0.05) is 30.1 Å². The quantitative estimate of drug-likeness (QED) is 0.797. The fourth-order valence-corrected chi connectivity index (χ4v) is 2.65. The minimum absolute atomic E-state index is 0.0170. The molecule has 0 unspecified atom stereocenters. The summed E-state index contributed by atoms with van der Waals surface area (Å²) < 4.78 is 13.4. The molecule has 2 aromatic rings. The highest BCUT2D eigenvalue weighted by Gasteiger charge is 2.12. The molecule has 2 rings (SSSR count). The molecule has 0 spiro atoms. The van der Waals surface area contributed by atoms with Crippen LogP contribution < -0.4 is 5.32 Å². The van der Waals surface area contributed by atoms with E-state index >= 15 is 0 Å². The maximum absolute atomic E-state index is 13.4. The molecule has 6 heteroatoms. The lowest BCUT2D eigenvalue weighted by molar-refractivity contribution is 0.629. The fourth-order valence-electron chi connectivity index (χ4n) is 1.43. The van der Waals surface area contributed by atoms with Gasteiger partial charge < -0.3 is 5.32 Å². The second-order valence-corrected chi connectivity index (χ2v) is 5.38. The molecule has 0 amide bonds. The van der Waals surface area contributed by atoms with Gasteiger partial charge >= 0.3 is 0 Å². The minimum Gasteiger partial charge on any atom is -0.362 e. The summed E-state index contributed by atoms with van der Waals surface area (Å²) in [7, 11) is 0. The zero-order valence-electron chi connectivity index (χ0n) is 9.64. The number of hydrogen-bond acceptors (Lipinski definition) is 3. The van der Waals surface area contributed by atoms with Crippen molar-refractivity contribution in [2.45, 2.75) is 13.3 Å². The lowest BCUT2D eigenvalue weighted by Gasteiger charge is -2.03. The molecule has 18 heavy (non-hydrogen) atoms. The molecule has 0 fully saturated rings. The second kappa shape index (κ2) is 5.87. The van der Waals surface area contributed by atoms with E-state index in [2.05, 4.69) is 17.2 Å². The van der Waals surface area contributed by atoms with Crippen LogP contribution in [0.3, 0.4) is 0 Å². The molecule has 0 atom stereocenters. The van der Waals surface area contributed by atoms with Crippen LogP contribution in [-0.2, 0) is 0 Å². The number of nitrogens with zero attached hydrogens (tertiary/aromatic N) is 1. The van der Waals surface area contributed by atoms with Crippen molar-refractivity contribution in [3.63, 3.8) is 0 Å². The third-order valence-electron chi connectivity index (χ3n) is 2.32. The standard InChI is InChI=1S/C12H11Cl2FN2S/c1-2-3-16-12-17-11(6-18-12)7-4-10(15)9(14)5-8(7)13/h4-6H,2-3H2,1H3,(H,16,17). The summed E-state index contributed by atoms with van der Waals surface area (Å²) in [6, 6.07) is 2.70. The summed E-state index contributed by atoms with van der Waals surface area (Å²) in [6.07, 6.45) is 1.02. The molecule has 1 aromatic carbocycles. The third kappa shape index (κ3) is 2.94. The molecular weight excluding hydrogens is 294 g/mol. The lowest BCUT2D eigenvalue weighted by Crippen LogP contribution is -1.98. The predicted octanol–water partition coefficient (Wildman–Crippen LogP) is 5.08. The van der Waals surface area contributed by atoms with Gasteiger partial charge in [0.1, 0.15) is 5.82 Å². The number of hydrogen-bond donors (Lipinski definition) is 1. The molecule has 96 valence electrons. The van der Waals surface area contributed by atoms with Gasteiger partial charge in [0.25, 0.3) is 0 Å². The Morgan fingerprint density at radius 2 is 2.11 bits per heavy atom. The monoisotopic (exact) mass is 304 g/mol. The maximum atomic E-state index is 13.4. The van der Waals surface area contributed by atoms with Gasteiger partial charge in [0.15, 0.2) is 5.13 Å². The Labute approximate surface area is 119 Å². The van der Waals surface area contributed by atoms with Crippen LogP contribution in [-0.4, -0.2) is 11.5 Å². The van der Waals surface area contributed by atoms with Crippen molar-refractivity contribution in [2.24, 2.45) is 0 Å². The predicted molar refractivity (Wildman–Crippen MR) is 76.3 cm³/mol. The summed E-state index contributed by atoms with van der Waals surface area (Å²) in [4.78, 5) is 4.36. The minimum atomic E-state index is -0.493. The zero-order valence-corrected chi connectivity index (χ0v) is 12.0. The van der Waals surface area contributed by atoms with Crippen molar-refractivity contribution in [2.75, 3.05) is 11.9 Å². The Morgan fingerprint density at radius 3 is 2.83 bits per heavy atom. The van der Waals surface area contributed by atoms with Crippen molar-refractivity contribution in [1.82, 2.24) is 4.98 Å². The number of halogens is 3. The first-order valence-corrected chi connectivity index (χ1v) is 7.09. The zero-order chi connectivity index (χ0) is 13.1. The number of aromatic nitrogens is 1. The number of benzene rings is 1. The first kappa shape index (κ1) is 13.6. The average molecular weight is 305 g/mol. The lowest BCUT2D eigenvalue weighted by atomic mass is 10.2. The van der Waals surface area contributed by atoms with Crippen LogP contribution in [0.1, 0.15) is 13.3 Å².